The Balaban J connectivity index is 1.67. The number of rotatable bonds is 9. The van der Waals surface area contributed by atoms with Crippen LogP contribution in [-0.2, 0) is 9.59 Å². The first-order chi connectivity index (χ1) is 16.3. The van der Waals surface area contributed by atoms with Crippen molar-refractivity contribution in [2.75, 3.05) is 33.2 Å². The van der Waals surface area contributed by atoms with Crippen LogP contribution >= 0.6 is 24.0 Å². The van der Waals surface area contributed by atoms with Crippen LogP contribution in [0.2, 0.25) is 0 Å². The molecule has 3 rings (SSSR count). The third-order valence-corrected chi connectivity index (χ3v) is 6.37. The smallest absolute Gasteiger partial charge is 0.266 e. The van der Waals surface area contributed by atoms with Gasteiger partial charge in [0.2, 0.25) is 11.7 Å². The van der Waals surface area contributed by atoms with Crippen LogP contribution in [0.3, 0.4) is 0 Å². The van der Waals surface area contributed by atoms with Gasteiger partial charge < -0.3 is 19.5 Å². The van der Waals surface area contributed by atoms with E-state index in [-0.39, 0.29) is 30.6 Å². The number of hydrogen-bond donors (Lipinski definition) is 1. The van der Waals surface area contributed by atoms with Crippen molar-refractivity contribution in [1.29, 1.82) is 0 Å². The number of carbonyl (C=O) groups excluding carboxylic acids is 3. The average Bonchev–Trinajstić information content (AvgIpc) is 3.09. The maximum Gasteiger partial charge on any atom is 0.266 e. The molecule has 2 aromatic rings. The number of Topliss-reactive ketones (excluding diaryl/α,β-unsaturated/α-hetero) is 1. The molecule has 1 aliphatic rings. The van der Waals surface area contributed by atoms with Gasteiger partial charge in [0, 0.05) is 24.2 Å². The van der Waals surface area contributed by atoms with Crippen molar-refractivity contribution in [3.05, 3.63) is 52.4 Å². The molecule has 0 atom stereocenters. The number of benzene rings is 2. The van der Waals surface area contributed by atoms with Gasteiger partial charge in [0.25, 0.3) is 5.91 Å². The quantitative estimate of drug-likeness (QED) is 0.312. The first kappa shape index (κ1) is 25.3. The molecule has 0 spiro atoms. The molecule has 0 unspecified atom stereocenters. The molecular formula is C24H24N2O6S2. The molecule has 1 aliphatic heterocycles. The second kappa shape index (κ2) is 11.2. The highest BCUT2D eigenvalue weighted by molar-refractivity contribution is 8.26. The van der Waals surface area contributed by atoms with Crippen LogP contribution in [0, 0.1) is 0 Å². The Morgan fingerprint density at radius 1 is 1.06 bits per heavy atom. The second-order valence-electron chi connectivity index (χ2n) is 7.22. The number of nitrogens with zero attached hydrogens (tertiary/aromatic N) is 1. The van der Waals surface area contributed by atoms with Crippen molar-refractivity contribution in [2.45, 2.75) is 13.3 Å². The van der Waals surface area contributed by atoms with Crippen molar-refractivity contribution < 1.29 is 28.6 Å². The Hall–Kier alpha value is -3.37. The lowest BCUT2D eigenvalue weighted by Crippen LogP contribution is -2.31. The van der Waals surface area contributed by atoms with E-state index in [1.165, 1.54) is 44.9 Å². The van der Waals surface area contributed by atoms with E-state index in [2.05, 4.69) is 5.32 Å². The summed E-state index contributed by atoms with van der Waals surface area (Å²) in [7, 11) is 4.55. The molecule has 0 aromatic heterocycles. The van der Waals surface area contributed by atoms with Crippen LogP contribution in [0.25, 0.3) is 6.08 Å². The SMILES string of the molecule is COc1cc(/C=C2/SC(=S)N(CCC(=O)Nc3ccc(C(C)=O)cc3)C2=O)cc(OC)c1OC. The van der Waals surface area contributed by atoms with Crippen LogP contribution in [0.5, 0.6) is 17.2 Å². The third-order valence-electron chi connectivity index (χ3n) is 5.00. The molecule has 1 heterocycles. The molecule has 0 aliphatic carbocycles. The molecule has 1 N–H and O–H groups in total. The maximum atomic E-state index is 12.9. The number of amides is 2. The van der Waals surface area contributed by atoms with E-state index in [1.807, 2.05) is 0 Å². The summed E-state index contributed by atoms with van der Waals surface area (Å²) in [5.74, 6) is 0.803. The number of ketones is 1. The Bertz CT molecular complexity index is 1140. The first-order valence-corrected chi connectivity index (χ1v) is 11.5. The predicted octanol–water partition coefficient (Wildman–Crippen LogP) is 4.15. The fourth-order valence-electron chi connectivity index (χ4n) is 3.25. The van der Waals surface area contributed by atoms with Crippen LogP contribution in [0.1, 0.15) is 29.3 Å². The number of ether oxygens (including phenoxy) is 3. The second-order valence-corrected chi connectivity index (χ2v) is 8.90. The summed E-state index contributed by atoms with van der Waals surface area (Å²) in [6.07, 6.45) is 1.76. The highest BCUT2D eigenvalue weighted by Gasteiger charge is 2.32. The van der Waals surface area contributed by atoms with E-state index in [0.717, 1.165) is 0 Å². The van der Waals surface area contributed by atoms with E-state index in [0.29, 0.717) is 43.3 Å². The highest BCUT2D eigenvalue weighted by Crippen LogP contribution is 2.40. The van der Waals surface area contributed by atoms with Crippen LogP contribution in [-0.4, -0.2) is 54.7 Å². The molecule has 34 heavy (non-hydrogen) atoms. The van der Waals surface area contributed by atoms with Crippen LogP contribution in [0.15, 0.2) is 41.3 Å². The number of thiocarbonyl (C=S) groups is 1. The van der Waals surface area contributed by atoms with Crippen molar-refractivity contribution in [1.82, 2.24) is 4.90 Å². The summed E-state index contributed by atoms with van der Waals surface area (Å²) >= 11 is 6.53. The lowest BCUT2D eigenvalue weighted by atomic mass is 10.1. The number of methoxy groups -OCH3 is 3. The zero-order valence-electron chi connectivity index (χ0n) is 19.2. The summed E-state index contributed by atoms with van der Waals surface area (Å²) in [5.41, 5.74) is 1.82. The first-order valence-electron chi connectivity index (χ1n) is 10.2. The fraction of sp³-hybridized carbons (Fsp3) is 0.250. The number of anilines is 1. The van der Waals surface area contributed by atoms with Gasteiger partial charge in [-0.2, -0.15) is 0 Å². The largest absolute Gasteiger partial charge is 0.493 e. The number of nitrogens with one attached hydrogen (secondary N) is 1. The molecule has 10 heteroatoms. The lowest BCUT2D eigenvalue weighted by molar-refractivity contribution is -0.122. The van der Waals surface area contributed by atoms with Crippen LogP contribution < -0.4 is 19.5 Å². The number of carbonyl (C=O) groups is 3. The molecule has 0 radical (unpaired) electrons. The van der Waals surface area contributed by atoms with Gasteiger partial charge in [-0.15, -0.1) is 0 Å². The van der Waals surface area contributed by atoms with E-state index in [4.69, 9.17) is 26.4 Å². The van der Waals surface area contributed by atoms with Gasteiger partial charge in [-0.25, -0.2) is 0 Å². The van der Waals surface area contributed by atoms with Gasteiger partial charge in [0.15, 0.2) is 17.3 Å². The van der Waals surface area contributed by atoms with Crippen molar-refractivity contribution in [2.24, 2.45) is 0 Å². The maximum absolute atomic E-state index is 12.9. The highest BCUT2D eigenvalue weighted by atomic mass is 32.2. The summed E-state index contributed by atoms with van der Waals surface area (Å²) in [6.45, 7) is 1.63. The molecular weight excluding hydrogens is 476 g/mol. The Morgan fingerprint density at radius 2 is 1.68 bits per heavy atom. The minimum atomic E-state index is -0.276. The summed E-state index contributed by atoms with van der Waals surface area (Å²) in [6, 6.07) is 10.1. The van der Waals surface area contributed by atoms with E-state index in [9.17, 15) is 14.4 Å². The Kier molecular flexibility index (Phi) is 8.30. The minimum absolute atomic E-state index is 0.0492. The predicted molar refractivity (Wildman–Crippen MR) is 136 cm³/mol. The summed E-state index contributed by atoms with van der Waals surface area (Å²) < 4.78 is 16.4. The number of thioether (sulfide) groups is 1. The van der Waals surface area contributed by atoms with Gasteiger partial charge >= 0.3 is 0 Å². The normalized spacial score (nSPS) is 14.4. The summed E-state index contributed by atoms with van der Waals surface area (Å²) in [4.78, 5) is 38.5. The molecule has 0 saturated carbocycles. The Morgan fingerprint density at radius 3 is 2.21 bits per heavy atom. The van der Waals surface area contributed by atoms with Crippen molar-refractivity contribution in [3.63, 3.8) is 0 Å². The standard InChI is InChI=1S/C24H24N2O6S2/c1-14(27)16-5-7-17(8-6-16)25-21(28)9-10-26-23(29)20(34-24(26)33)13-15-11-18(30-2)22(32-4)19(12-15)31-3/h5-8,11-13H,9-10H2,1-4H3,(H,25,28)/b20-13+. The van der Waals surface area contributed by atoms with Gasteiger partial charge in [-0.05, 0) is 55.0 Å². The van der Waals surface area contributed by atoms with Crippen LogP contribution in [0.4, 0.5) is 5.69 Å². The molecule has 1 saturated heterocycles. The molecule has 178 valence electrons. The van der Waals surface area contributed by atoms with Gasteiger partial charge in [-0.3, -0.25) is 19.3 Å². The van der Waals surface area contributed by atoms with Gasteiger partial charge in [0.05, 0.1) is 26.2 Å². The lowest BCUT2D eigenvalue weighted by Gasteiger charge is -2.14. The van der Waals surface area contributed by atoms with Gasteiger partial charge in [0.1, 0.15) is 4.32 Å². The van der Waals surface area contributed by atoms with Crippen molar-refractivity contribution in [3.8, 4) is 17.2 Å². The molecule has 1 fully saturated rings. The monoisotopic (exact) mass is 500 g/mol. The van der Waals surface area contributed by atoms with Gasteiger partial charge in [-0.1, -0.05) is 24.0 Å². The van der Waals surface area contributed by atoms with Crippen molar-refractivity contribution >= 4 is 57.7 Å². The summed E-state index contributed by atoms with van der Waals surface area (Å²) in [5, 5.41) is 2.76. The Labute approximate surface area is 207 Å². The zero-order valence-corrected chi connectivity index (χ0v) is 20.8. The molecule has 2 aromatic carbocycles. The molecule has 8 nitrogen and oxygen atoms in total. The fourth-order valence-corrected chi connectivity index (χ4v) is 4.56. The zero-order chi connectivity index (χ0) is 24.8. The molecule has 0 bridgehead atoms. The van der Waals surface area contributed by atoms with E-state index >= 15 is 0 Å². The topological polar surface area (TPSA) is 94.2 Å². The van der Waals surface area contributed by atoms with E-state index < -0.39 is 0 Å². The van der Waals surface area contributed by atoms with E-state index in [1.54, 1.807) is 42.5 Å². The molecule has 2 amide bonds. The minimum Gasteiger partial charge on any atom is -0.493 e. The third kappa shape index (κ3) is 5.75. The number of hydrogen-bond acceptors (Lipinski definition) is 8. The average molecular weight is 501 g/mol.